The first-order valence-corrected chi connectivity index (χ1v) is 8.11. The van der Waals surface area contributed by atoms with Crippen LogP contribution in [0.1, 0.15) is 65.2 Å². The van der Waals surface area contributed by atoms with E-state index < -0.39 is 0 Å². The molecule has 0 aromatic rings. The van der Waals surface area contributed by atoms with E-state index in [-0.39, 0.29) is 17.4 Å². The van der Waals surface area contributed by atoms with Gasteiger partial charge in [-0.1, -0.05) is 39.5 Å². The highest BCUT2D eigenvalue weighted by Gasteiger charge is 2.36. The fourth-order valence-electron chi connectivity index (χ4n) is 3.66. The van der Waals surface area contributed by atoms with Crippen molar-refractivity contribution in [3.05, 3.63) is 0 Å². The quantitative estimate of drug-likeness (QED) is 0.751. The highest BCUT2D eigenvalue weighted by atomic mass is 16.2. The van der Waals surface area contributed by atoms with Crippen molar-refractivity contribution in [2.75, 3.05) is 13.1 Å². The maximum Gasteiger partial charge on any atom is 0.237 e. The van der Waals surface area contributed by atoms with Crippen LogP contribution >= 0.6 is 0 Å². The monoisotopic (exact) mass is 266 g/mol. The van der Waals surface area contributed by atoms with E-state index in [0.717, 1.165) is 31.8 Å². The maximum absolute atomic E-state index is 12.2. The number of carbonyl (C=O) groups excluding carboxylic acids is 1. The Balaban J connectivity index is 1.65. The first-order valence-electron chi connectivity index (χ1n) is 8.11. The second kappa shape index (κ2) is 6.74. The van der Waals surface area contributed by atoms with Crippen LogP contribution in [0.3, 0.4) is 0 Å². The Labute approximate surface area is 117 Å². The van der Waals surface area contributed by atoms with Crippen molar-refractivity contribution >= 4 is 5.91 Å². The van der Waals surface area contributed by atoms with Gasteiger partial charge < -0.3 is 10.6 Å². The third-order valence-electron chi connectivity index (χ3n) is 4.95. The minimum absolute atomic E-state index is 0.00673. The van der Waals surface area contributed by atoms with Crippen molar-refractivity contribution in [1.29, 1.82) is 0 Å². The fourth-order valence-corrected chi connectivity index (χ4v) is 3.66. The molecule has 1 amide bonds. The van der Waals surface area contributed by atoms with Gasteiger partial charge in [-0.05, 0) is 43.6 Å². The normalized spacial score (nSPS) is 27.4. The Kier molecular flexibility index (Phi) is 5.26. The molecule has 0 radical (unpaired) electrons. The molecular weight excluding hydrogens is 236 g/mol. The molecule has 1 aliphatic heterocycles. The Morgan fingerprint density at radius 2 is 2.00 bits per heavy atom. The minimum Gasteiger partial charge on any atom is -0.355 e. The Bertz CT molecular complexity index is 295. The van der Waals surface area contributed by atoms with Gasteiger partial charge in [0.2, 0.25) is 5.91 Å². The first-order chi connectivity index (χ1) is 9.09. The molecule has 1 unspecified atom stereocenters. The van der Waals surface area contributed by atoms with Gasteiger partial charge in [0.1, 0.15) is 0 Å². The summed E-state index contributed by atoms with van der Waals surface area (Å²) in [5.41, 5.74) is 0.0911. The molecule has 110 valence electrons. The highest BCUT2D eigenvalue weighted by molar-refractivity contribution is 5.82. The van der Waals surface area contributed by atoms with Gasteiger partial charge in [-0.3, -0.25) is 4.79 Å². The van der Waals surface area contributed by atoms with Gasteiger partial charge in [0, 0.05) is 6.54 Å². The Morgan fingerprint density at radius 1 is 1.26 bits per heavy atom. The maximum atomic E-state index is 12.2. The van der Waals surface area contributed by atoms with Crippen molar-refractivity contribution in [3.63, 3.8) is 0 Å². The molecule has 1 saturated heterocycles. The number of amides is 1. The predicted octanol–water partition coefficient (Wildman–Crippen LogP) is 2.85. The lowest BCUT2D eigenvalue weighted by Crippen LogP contribution is -2.55. The summed E-state index contributed by atoms with van der Waals surface area (Å²) in [5.74, 6) is 1.14. The third-order valence-corrected chi connectivity index (χ3v) is 4.95. The molecule has 2 fully saturated rings. The molecule has 3 heteroatoms. The van der Waals surface area contributed by atoms with E-state index >= 15 is 0 Å². The minimum atomic E-state index is -0.00673. The summed E-state index contributed by atoms with van der Waals surface area (Å²) in [7, 11) is 0. The molecule has 0 bridgehead atoms. The van der Waals surface area contributed by atoms with Gasteiger partial charge in [-0.15, -0.1) is 0 Å². The van der Waals surface area contributed by atoms with Crippen LogP contribution in [0.4, 0.5) is 0 Å². The van der Waals surface area contributed by atoms with Gasteiger partial charge >= 0.3 is 0 Å². The van der Waals surface area contributed by atoms with E-state index in [2.05, 4.69) is 24.5 Å². The van der Waals surface area contributed by atoms with Crippen LogP contribution in [0.5, 0.6) is 0 Å². The average molecular weight is 266 g/mol. The molecule has 1 aliphatic carbocycles. The van der Waals surface area contributed by atoms with Crippen molar-refractivity contribution in [1.82, 2.24) is 10.6 Å². The number of carbonyl (C=O) groups is 1. The van der Waals surface area contributed by atoms with Crippen LogP contribution in [-0.4, -0.2) is 25.0 Å². The van der Waals surface area contributed by atoms with Crippen molar-refractivity contribution in [2.24, 2.45) is 11.3 Å². The summed E-state index contributed by atoms with van der Waals surface area (Å²) in [6.45, 7) is 6.22. The third kappa shape index (κ3) is 4.20. The van der Waals surface area contributed by atoms with Gasteiger partial charge in [0.25, 0.3) is 0 Å². The molecule has 19 heavy (non-hydrogen) atoms. The van der Waals surface area contributed by atoms with Crippen LogP contribution in [-0.2, 0) is 4.79 Å². The Morgan fingerprint density at radius 3 is 2.68 bits per heavy atom. The van der Waals surface area contributed by atoms with Crippen LogP contribution in [0, 0.1) is 11.3 Å². The number of hydrogen-bond acceptors (Lipinski definition) is 2. The molecule has 2 N–H and O–H groups in total. The van der Waals surface area contributed by atoms with Crippen LogP contribution in [0.25, 0.3) is 0 Å². The smallest absolute Gasteiger partial charge is 0.237 e. The van der Waals surface area contributed by atoms with Gasteiger partial charge in [-0.2, -0.15) is 0 Å². The van der Waals surface area contributed by atoms with E-state index in [9.17, 15) is 4.79 Å². The zero-order chi connectivity index (χ0) is 13.7. The van der Waals surface area contributed by atoms with Gasteiger partial charge in [0.05, 0.1) is 6.04 Å². The molecule has 0 aromatic carbocycles. The summed E-state index contributed by atoms with van der Waals surface area (Å²) in [5, 5.41) is 6.51. The Hall–Kier alpha value is -0.570. The topological polar surface area (TPSA) is 41.1 Å². The number of rotatable bonds is 5. The molecule has 2 aliphatic rings. The van der Waals surface area contributed by atoms with Crippen LogP contribution in [0.2, 0.25) is 0 Å². The van der Waals surface area contributed by atoms with Crippen LogP contribution < -0.4 is 10.6 Å². The van der Waals surface area contributed by atoms with Crippen molar-refractivity contribution in [2.45, 2.75) is 71.3 Å². The van der Waals surface area contributed by atoms with Crippen molar-refractivity contribution in [3.8, 4) is 0 Å². The summed E-state index contributed by atoms with van der Waals surface area (Å²) in [6.07, 6.45) is 10.4. The lowest BCUT2D eigenvalue weighted by Gasteiger charge is -2.38. The molecule has 0 aromatic heterocycles. The zero-order valence-electron chi connectivity index (χ0n) is 12.6. The SMILES string of the molecule is CC1(C)CCCNC1C(=O)NCCCC1CCCC1. The summed E-state index contributed by atoms with van der Waals surface area (Å²) in [4.78, 5) is 12.2. The van der Waals surface area contributed by atoms with Crippen molar-refractivity contribution < 1.29 is 4.79 Å². The fraction of sp³-hybridized carbons (Fsp3) is 0.938. The lowest BCUT2D eigenvalue weighted by molar-refractivity contribution is -0.126. The standard InChI is InChI=1S/C16H30N2O/c1-16(2)10-6-12-17-14(16)15(19)18-11-5-9-13-7-3-4-8-13/h13-14,17H,3-12H2,1-2H3,(H,18,19). The highest BCUT2D eigenvalue weighted by Crippen LogP contribution is 2.30. The van der Waals surface area contributed by atoms with E-state index in [1.54, 1.807) is 0 Å². The molecule has 2 rings (SSSR count). The molecular formula is C16H30N2O. The molecule has 1 saturated carbocycles. The first kappa shape index (κ1) is 14.8. The lowest BCUT2D eigenvalue weighted by atomic mass is 9.77. The number of nitrogens with one attached hydrogen (secondary N) is 2. The summed E-state index contributed by atoms with van der Waals surface area (Å²) in [6, 6.07) is -0.00673. The van der Waals surface area contributed by atoms with Crippen LogP contribution in [0.15, 0.2) is 0 Å². The zero-order valence-corrected chi connectivity index (χ0v) is 12.6. The number of piperidine rings is 1. The number of hydrogen-bond donors (Lipinski definition) is 2. The van der Waals surface area contributed by atoms with Gasteiger partial charge in [0.15, 0.2) is 0 Å². The molecule has 0 spiro atoms. The predicted molar refractivity (Wildman–Crippen MR) is 79.0 cm³/mol. The van der Waals surface area contributed by atoms with E-state index in [4.69, 9.17) is 0 Å². The van der Waals surface area contributed by atoms with E-state index in [0.29, 0.717) is 0 Å². The summed E-state index contributed by atoms with van der Waals surface area (Å²) >= 11 is 0. The second-order valence-electron chi connectivity index (χ2n) is 7.06. The molecule has 1 atom stereocenters. The molecule has 1 heterocycles. The summed E-state index contributed by atoms with van der Waals surface area (Å²) < 4.78 is 0. The van der Waals surface area contributed by atoms with E-state index in [1.807, 2.05) is 0 Å². The average Bonchev–Trinajstić information content (AvgIpc) is 2.87. The largest absolute Gasteiger partial charge is 0.355 e. The molecule has 3 nitrogen and oxygen atoms in total. The van der Waals surface area contributed by atoms with Gasteiger partial charge in [-0.25, -0.2) is 0 Å². The van der Waals surface area contributed by atoms with E-state index in [1.165, 1.54) is 38.5 Å². The second-order valence-corrected chi connectivity index (χ2v) is 7.06.